The van der Waals surface area contributed by atoms with E-state index in [2.05, 4.69) is 21.5 Å². The van der Waals surface area contributed by atoms with Crippen molar-refractivity contribution in [2.24, 2.45) is 0 Å². The van der Waals surface area contributed by atoms with Gasteiger partial charge in [-0.05, 0) is 51.2 Å². The summed E-state index contributed by atoms with van der Waals surface area (Å²) >= 11 is 2.02. The molecule has 0 amide bonds. The zero-order valence-electron chi connectivity index (χ0n) is 11.0. The number of aromatic nitrogens is 2. The molecule has 98 valence electrons. The van der Waals surface area contributed by atoms with Crippen LogP contribution in [0.15, 0.2) is 6.33 Å². The Kier molecular flexibility index (Phi) is 3.73. The van der Waals surface area contributed by atoms with Gasteiger partial charge in [-0.2, -0.15) is 11.8 Å². The molecule has 2 aliphatic carbocycles. The lowest BCUT2D eigenvalue weighted by Gasteiger charge is -2.28. The van der Waals surface area contributed by atoms with Crippen molar-refractivity contribution in [1.29, 1.82) is 0 Å². The minimum Gasteiger partial charge on any atom is -0.367 e. The average Bonchev–Trinajstić information content (AvgIpc) is 2.89. The first-order chi connectivity index (χ1) is 8.86. The third-order valence-electron chi connectivity index (χ3n) is 4.22. The molecule has 1 aromatic heterocycles. The van der Waals surface area contributed by atoms with Crippen molar-refractivity contribution >= 4 is 17.6 Å². The highest BCUT2D eigenvalue weighted by Gasteiger charge is 2.23. The molecule has 0 aliphatic heterocycles. The van der Waals surface area contributed by atoms with Gasteiger partial charge in [0.15, 0.2) is 0 Å². The van der Waals surface area contributed by atoms with E-state index in [-0.39, 0.29) is 0 Å². The highest BCUT2D eigenvalue weighted by atomic mass is 32.2. The molecule has 2 aliphatic rings. The van der Waals surface area contributed by atoms with E-state index in [0.29, 0.717) is 6.04 Å². The van der Waals surface area contributed by atoms with Gasteiger partial charge < -0.3 is 5.32 Å². The smallest absolute Gasteiger partial charge is 0.133 e. The van der Waals surface area contributed by atoms with Gasteiger partial charge in [-0.1, -0.05) is 0 Å². The van der Waals surface area contributed by atoms with Crippen molar-refractivity contribution in [3.8, 4) is 0 Å². The highest BCUT2D eigenvalue weighted by Crippen LogP contribution is 2.30. The molecular weight excluding hydrogens is 242 g/mol. The predicted molar refractivity (Wildman–Crippen MR) is 77.2 cm³/mol. The Balaban J connectivity index is 1.65. The largest absolute Gasteiger partial charge is 0.367 e. The highest BCUT2D eigenvalue weighted by molar-refractivity contribution is 7.99. The zero-order chi connectivity index (χ0) is 12.4. The molecule has 3 rings (SSSR count). The van der Waals surface area contributed by atoms with E-state index < -0.39 is 0 Å². The number of fused-ring (bicyclic) bond motifs is 1. The number of nitrogens with zero attached hydrogens (tertiary/aromatic N) is 2. The van der Waals surface area contributed by atoms with E-state index in [9.17, 15) is 0 Å². The molecule has 0 saturated heterocycles. The van der Waals surface area contributed by atoms with E-state index in [1.807, 2.05) is 11.8 Å². The van der Waals surface area contributed by atoms with E-state index in [4.69, 9.17) is 0 Å². The van der Waals surface area contributed by atoms with Gasteiger partial charge in [0.2, 0.25) is 0 Å². The van der Waals surface area contributed by atoms with Gasteiger partial charge in [0.1, 0.15) is 12.1 Å². The summed E-state index contributed by atoms with van der Waals surface area (Å²) in [4.78, 5) is 8.84. The van der Waals surface area contributed by atoms with E-state index in [0.717, 1.165) is 23.9 Å². The van der Waals surface area contributed by atoms with Crippen LogP contribution in [0.3, 0.4) is 0 Å². The molecule has 0 bridgehead atoms. The number of anilines is 1. The topological polar surface area (TPSA) is 37.8 Å². The molecule has 1 fully saturated rings. The maximum absolute atomic E-state index is 4.46. The van der Waals surface area contributed by atoms with Crippen molar-refractivity contribution in [2.75, 3.05) is 11.6 Å². The van der Waals surface area contributed by atoms with Crippen LogP contribution in [-0.4, -0.2) is 27.5 Å². The Hall–Kier alpha value is -0.770. The van der Waals surface area contributed by atoms with Gasteiger partial charge in [-0.3, -0.25) is 0 Å². The van der Waals surface area contributed by atoms with Gasteiger partial charge >= 0.3 is 0 Å². The molecule has 18 heavy (non-hydrogen) atoms. The summed E-state index contributed by atoms with van der Waals surface area (Å²) in [6, 6.07) is 0.619. The summed E-state index contributed by atoms with van der Waals surface area (Å²) in [5.74, 6) is 1.12. The fraction of sp³-hybridized carbons (Fsp3) is 0.714. The van der Waals surface area contributed by atoms with Gasteiger partial charge in [0, 0.05) is 22.5 Å². The van der Waals surface area contributed by atoms with Crippen LogP contribution < -0.4 is 5.32 Å². The molecule has 0 atom stereocenters. The molecule has 4 heteroatoms. The summed E-state index contributed by atoms with van der Waals surface area (Å²) in [6.07, 6.45) is 12.7. The molecule has 0 spiro atoms. The van der Waals surface area contributed by atoms with Crippen LogP contribution in [0, 0.1) is 0 Å². The summed E-state index contributed by atoms with van der Waals surface area (Å²) in [5, 5.41) is 4.54. The lowest BCUT2D eigenvalue weighted by atomic mass is 9.95. The second-order valence-corrected chi connectivity index (χ2v) is 6.49. The summed E-state index contributed by atoms with van der Waals surface area (Å²) in [5.41, 5.74) is 2.65. The number of rotatable bonds is 3. The number of aryl methyl sites for hydroxylation is 1. The molecule has 3 nitrogen and oxygen atoms in total. The van der Waals surface area contributed by atoms with Crippen LogP contribution in [0.25, 0.3) is 0 Å². The van der Waals surface area contributed by atoms with E-state index in [1.54, 1.807) is 6.33 Å². The molecule has 1 N–H and O–H groups in total. The molecule has 1 heterocycles. The Morgan fingerprint density at radius 1 is 1.17 bits per heavy atom. The van der Waals surface area contributed by atoms with Crippen molar-refractivity contribution in [1.82, 2.24) is 9.97 Å². The van der Waals surface area contributed by atoms with Crippen molar-refractivity contribution < 1.29 is 0 Å². The fourth-order valence-electron chi connectivity index (χ4n) is 3.12. The van der Waals surface area contributed by atoms with Crippen LogP contribution in [0.4, 0.5) is 5.82 Å². The Morgan fingerprint density at radius 3 is 2.78 bits per heavy atom. The average molecular weight is 263 g/mol. The predicted octanol–water partition coefficient (Wildman–Crippen LogP) is 3.05. The first-order valence-electron chi connectivity index (χ1n) is 6.99. The van der Waals surface area contributed by atoms with Gasteiger partial charge in [-0.25, -0.2) is 9.97 Å². The minimum atomic E-state index is 0.619. The van der Waals surface area contributed by atoms with Crippen LogP contribution in [0.2, 0.25) is 0 Å². The number of nitrogens with one attached hydrogen (secondary N) is 1. The van der Waals surface area contributed by atoms with Crippen LogP contribution in [-0.2, 0) is 12.8 Å². The Labute approximate surface area is 113 Å². The van der Waals surface area contributed by atoms with Crippen molar-refractivity contribution in [3.05, 3.63) is 17.6 Å². The molecule has 1 aromatic rings. The third-order valence-corrected chi connectivity index (χ3v) is 5.36. The van der Waals surface area contributed by atoms with Crippen molar-refractivity contribution in [2.45, 2.75) is 56.2 Å². The summed E-state index contributed by atoms with van der Waals surface area (Å²) < 4.78 is 0. The number of thioether (sulfide) groups is 1. The first kappa shape index (κ1) is 12.3. The third kappa shape index (κ3) is 2.48. The van der Waals surface area contributed by atoms with Crippen LogP contribution in [0.5, 0.6) is 0 Å². The van der Waals surface area contributed by atoms with Gasteiger partial charge in [0.05, 0.1) is 0 Å². The normalized spacial score (nSPS) is 26.9. The quantitative estimate of drug-likeness (QED) is 0.909. The maximum atomic E-state index is 4.46. The second-order valence-electron chi connectivity index (χ2n) is 5.35. The van der Waals surface area contributed by atoms with E-state index in [1.165, 1.54) is 43.4 Å². The van der Waals surface area contributed by atoms with Crippen LogP contribution >= 0.6 is 11.8 Å². The minimum absolute atomic E-state index is 0.619. The van der Waals surface area contributed by atoms with Crippen molar-refractivity contribution in [3.63, 3.8) is 0 Å². The molecule has 1 saturated carbocycles. The lowest BCUT2D eigenvalue weighted by molar-refractivity contribution is 0.472. The van der Waals surface area contributed by atoms with E-state index >= 15 is 0 Å². The zero-order valence-corrected chi connectivity index (χ0v) is 11.8. The van der Waals surface area contributed by atoms with Gasteiger partial charge in [0.25, 0.3) is 0 Å². The SMILES string of the molecule is CSC1CCC(Nc2ncnc3c2CCC3)CC1. The number of hydrogen-bond donors (Lipinski definition) is 1. The van der Waals surface area contributed by atoms with Gasteiger partial charge in [-0.15, -0.1) is 0 Å². The fourth-order valence-corrected chi connectivity index (χ4v) is 3.86. The standard InChI is InChI=1S/C14H21N3S/c1-18-11-7-5-10(6-8-11)17-14-12-3-2-4-13(12)15-9-16-14/h9-11H,2-8H2,1H3,(H,15,16,17). The molecule has 0 radical (unpaired) electrons. The van der Waals surface area contributed by atoms with Crippen LogP contribution in [0.1, 0.15) is 43.4 Å². The lowest BCUT2D eigenvalue weighted by Crippen LogP contribution is -2.28. The first-order valence-corrected chi connectivity index (χ1v) is 8.27. The molecule has 0 aromatic carbocycles. The second kappa shape index (κ2) is 5.47. The molecule has 0 unspecified atom stereocenters. The monoisotopic (exact) mass is 263 g/mol. The summed E-state index contributed by atoms with van der Waals surface area (Å²) in [6.45, 7) is 0. The molecular formula is C14H21N3S. The Bertz CT molecular complexity index is 414. The maximum Gasteiger partial charge on any atom is 0.133 e. The number of hydrogen-bond acceptors (Lipinski definition) is 4. The Morgan fingerprint density at radius 2 is 2.00 bits per heavy atom. The summed E-state index contributed by atoms with van der Waals surface area (Å²) in [7, 11) is 0.